The highest BCUT2D eigenvalue weighted by Gasteiger charge is 2.37. The third-order valence-corrected chi connectivity index (χ3v) is 2.99. The molecule has 1 saturated carbocycles. The lowest BCUT2D eigenvalue weighted by atomic mass is 9.75. The summed E-state index contributed by atoms with van der Waals surface area (Å²) < 4.78 is 5.51. The maximum absolute atomic E-state index is 5.98. The lowest BCUT2D eigenvalue weighted by Crippen LogP contribution is -2.44. The van der Waals surface area contributed by atoms with E-state index in [1.165, 1.54) is 25.7 Å². The number of nitrogens with two attached hydrogens (primary N) is 1. The first-order valence-electron chi connectivity index (χ1n) is 5.03. The van der Waals surface area contributed by atoms with E-state index in [2.05, 4.69) is 6.92 Å². The number of hydrogen-bond acceptors (Lipinski definition) is 2. The van der Waals surface area contributed by atoms with Crippen LogP contribution in [0.1, 0.15) is 45.4 Å². The third kappa shape index (κ3) is 2.20. The average molecular weight is 171 g/mol. The van der Waals surface area contributed by atoms with Crippen LogP contribution in [0, 0.1) is 0 Å². The van der Waals surface area contributed by atoms with Gasteiger partial charge < -0.3 is 10.5 Å². The Bertz CT molecular complexity index is 126. The van der Waals surface area contributed by atoms with Gasteiger partial charge in [0.25, 0.3) is 0 Å². The Morgan fingerprint density at radius 1 is 1.50 bits per heavy atom. The predicted molar refractivity (Wildman–Crippen MR) is 51.1 cm³/mol. The molecular formula is C10H21NO. The summed E-state index contributed by atoms with van der Waals surface area (Å²) >= 11 is 0. The monoisotopic (exact) mass is 171 g/mol. The van der Waals surface area contributed by atoms with Gasteiger partial charge in [0, 0.05) is 13.2 Å². The van der Waals surface area contributed by atoms with E-state index in [1.54, 1.807) is 0 Å². The Kier molecular flexibility index (Phi) is 3.53. The molecule has 0 heterocycles. The van der Waals surface area contributed by atoms with E-state index in [0.717, 1.165) is 12.8 Å². The molecule has 1 aliphatic carbocycles. The molecular weight excluding hydrogens is 150 g/mol. The highest BCUT2D eigenvalue weighted by molar-refractivity contribution is 4.92. The fourth-order valence-corrected chi connectivity index (χ4v) is 2.01. The molecule has 1 atom stereocenters. The van der Waals surface area contributed by atoms with E-state index in [4.69, 9.17) is 10.5 Å². The van der Waals surface area contributed by atoms with Crippen molar-refractivity contribution in [3.63, 3.8) is 0 Å². The molecule has 12 heavy (non-hydrogen) atoms. The Balaban J connectivity index is 2.27. The molecule has 1 aliphatic rings. The first kappa shape index (κ1) is 10.0. The molecule has 1 fully saturated rings. The summed E-state index contributed by atoms with van der Waals surface area (Å²) in [6.07, 6.45) is 7.10. The Hall–Kier alpha value is -0.0800. The number of hydrogen-bond donors (Lipinski definition) is 1. The van der Waals surface area contributed by atoms with Crippen LogP contribution >= 0.6 is 0 Å². The third-order valence-electron chi connectivity index (χ3n) is 2.99. The normalized spacial score (nSPS) is 23.2. The molecule has 0 bridgehead atoms. The van der Waals surface area contributed by atoms with Gasteiger partial charge in [0.05, 0.1) is 5.60 Å². The molecule has 2 N–H and O–H groups in total. The maximum atomic E-state index is 5.98. The van der Waals surface area contributed by atoms with Crippen molar-refractivity contribution in [1.29, 1.82) is 0 Å². The minimum Gasteiger partial charge on any atom is -0.378 e. The molecule has 2 nitrogen and oxygen atoms in total. The summed E-state index contributed by atoms with van der Waals surface area (Å²) in [6.45, 7) is 2.18. The van der Waals surface area contributed by atoms with E-state index in [1.807, 2.05) is 7.11 Å². The summed E-state index contributed by atoms with van der Waals surface area (Å²) in [4.78, 5) is 0. The topological polar surface area (TPSA) is 35.2 Å². The van der Waals surface area contributed by atoms with Crippen molar-refractivity contribution in [2.75, 3.05) is 7.11 Å². The van der Waals surface area contributed by atoms with E-state index in [9.17, 15) is 0 Å². The Labute approximate surface area is 75.5 Å². The second-order valence-electron chi connectivity index (χ2n) is 3.99. The molecule has 0 saturated heterocycles. The number of methoxy groups -OCH3 is 1. The van der Waals surface area contributed by atoms with Crippen molar-refractivity contribution in [3.8, 4) is 0 Å². The first-order valence-corrected chi connectivity index (χ1v) is 5.03. The smallest absolute Gasteiger partial charge is 0.0693 e. The van der Waals surface area contributed by atoms with Crippen LogP contribution in [0.5, 0.6) is 0 Å². The van der Waals surface area contributed by atoms with Crippen molar-refractivity contribution >= 4 is 0 Å². The largest absolute Gasteiger partial charge is 0.378 e. The highest BCUT2D eigenvalue weighted by Crippen LogP contribution is 2.38. The molecule has 0 amide bonds. The fraction of sp³-hybridized carbons (Fsp3) is 1.00. The fourth-order valence-electron chi connectivity index (χ4n) is 2.01. The van der Waals surface area contributed by atoms with Gasteiger partial charge in [-0.25, -0.2) is 0 Å². The van der Waals surface area contributed by atoms with E-state index >= 15 is 0 Å². The SMILES string of the molecule is CCCC(N)CC1(OC)CCC1. The molecule has 2 heteroatoms. The lowest BCUT2D eigenvalue weighted by Gasteiger charge is -2.42. The molecule has 72 valence electrons. The zero-order chi connectivity index (χ0) is 9.03. The minimum atomic E-state index is 0.161. The van der Waals surface area contributed by atoms with Gasteiger partial charge in [0.1, 0.15) is 0 Å². The molecule has 0 aromatic rings. The molecule has 0 radical (unpaired) electrons. The van der Waals surface area contributed by atoms with Crippen molar-refractivity contribution in [2.45, 2.75) is 57.1 Å². The summed E-state index contributed by atoms with van der Waals surface area (Å²) in [5.74, 6) is 0. The van der Waals surface area contributed by atoms with Crippen molar-refractivity contribution in [1.82, 2.24) is 0 Å². The predicted octanol–water partition coefficient (Wildman–Crippen LogP) is 2.07. The number of rotatable bonds is 5. The average Bonchev–Trinajstić information content (AvgIpc) is 1.97. The Morgan fingerprint density at radius 3 is 2.50 bits per heavy atom. The maximum Gasteiger partial charge on any atom is 0.0693 e. The van der Waals surface area contributed by atoms with Gasteiger partial charge in [0.15, 0.2) is 0 Å². The van der Waals surface area contributed by atoms with Crippen LogP contribution in [-0.2, 0) is 4.74 Å². The van der Waals surface area contributed by atoms with Gasteiger partial charge in [-0.15, -0.1) is 0 Å². The van der Waals surface area contributed by atoms with Gasteiger partial charge in [-0.05, 0) is 32.1 Å². The minimum absolute atomic E-state index is 0.161. The quantitative estimate of drug-likeness (QED) is 0.687. The van der Waals surface area contributed by atoms with E-state index in [0.29, 0.717) is 6.04 Å². The standard InChI is InChI=1S/C10H21NO/c1-3-5-9(11)8-10(12-2)6-4-7-10/h9H,3-8,11H2,1-2H3. The molecule has 0 aromatic heterocycles. The molecule has 1 unspecified atom stereocenters. The van der Waals surface area contributed by atoms with E-state index < -0.39 is 0 Å². The highest BCUT2D eigenvalue weighted by atomic mass is 16.5. The van der Waals surface area contributed by atoms with Crippen LogP contribution in [0.3, 0.4) is 0 Å². The van der Waals surface area contributed by atoms with Crippen LogP contribution < -0.4 is 5.73 Å². The van der Waals surface area contributed by atoms with Crippen molar-refractivity contribution in [2.24, 2.45) is 5.73 Å². The lowest BCUT2D eigenvalue weighted by molar-refractivity contribution is -0.0817. The molecule has 1 rings (SSSR count). The summed E-state index contributed by atoms with van der Waals surface area (Å²) in [5.41, 5.74) is 6.14. The van der Waals surface area contributed by atoms with Gasteiger partial charge in [-0.2, -0.15) is 0 Å². The van der Waals surface area contributed by atoms with Crippen molar-refractivity contribution < 1.29 is 4.74 Å². The van der Waals surface area contributed by atoms with Gasteiger partial charge in [0.2, 0.25) is 0 Å². The van der Waals surface area contributed by atoms with Gasteiger partial charge in [-0.3, -0.25) is 0 Å². The summed E-state index contributed by atoms with van der Waals surface area (Å²) in [6, 6.07) is 0.343. The molecule has 0 spiro atoms. The van der Waals surface area contributed by atoms with Crippen LogP contribution in [0.2, 0.25) is 0 Å². The first-order chi connectivity index (χ1) is 5.72. The van der Waals surface area contributed by atoms with Crippen LogP contribution in [-0.4, -0.2) is 18.8 Å². The Morgan fingerprint density at radius 2 is 2.17 bits per heavy atom. The van der Waals surface area contributed by atoms with Crippen LogP contribution in [0.25, 0.3) is 0 Å². The van der Waals surface area contributed by atoms with Crippen LogP contribution in [0.15, 0.2) is 0 Å². The van der Waals surface area contributed by atoms with Gasteiger partial charge in [-0.1, -0.05) is 13.3 Å². The molecule has 0 aliphatic heterocycles. The summed E-state index contributed by atoms with van der Waals surface area (Å²) in [5, 5.41) is 0. The van der Waals surface area contributed by atoms with Crippen LogP contribution in [0.4, 0.5) is 0 Å². The second-order valence-corrected chi connectivity index (χ2v) is 3.99. The van der Waals surface area contributed by atoms with E-state index in [-0.39, 0.29) is 5.60 Å². The molecule has 0 aromatic carbocycles. The number of ether oxygens (including phenoxy) is 1. The van der Waals surface area contributed by atoms with Gasteiger partial charge >= 0.3 is 0 Å². The zero-order valence-corrected chi connectivity index (χ0v) is 8.31. The summed E-state index contributed by atoms with van der Waals surface area (Å²) in [7, 11) is 1.82. The second kappa shape index (κ2) is 4.24. The zero-order valence-electron chi connectivity index (χ0n) is 8.31. The van der Waals surface area contributed by atoms with Crippen molar-refractivity contribution in [3.05, 3.63) is 0 Å².